The summed E-state index contributed by atoms with van der Waals surface area (Å²) < 4.78 is 15.6. The number of thiazole rings is 1. The minimum atomic E-state index is -0.322. The van der Waals surface area contributed by atoms with E-state index in [1.807, 2.05) is 28.7 Å². The van der Waals surface area contributed by atoms with Crippen LogP contribution < -0.4 is 0 Å². The highest BCUT2D eigenvalue weighted by Crippen LogP contribution is 2.35. The quantitative estimate of drug-likeness (QED) is 0.341. The Morgan fingerprint density at radius 3 is 2.79 bits per heavy atom. The van der Waals surface area contributed by atoms with Crippen LogP contribution in [0.5, 0.6) is 0 Å². The zero-order valence-corrected chi connectivity index (χ0v) is 20.2. The molecule has 9 heteroatoms. The number of piperidine rings is 1. The molecule has 1 amide bonds. The van der Waals surface area contributed by atoms with Gasteiger partial charge in [0.2, 0.25) is 0 Å². The fourth-order valence-electron chi connectivity index (χ4n) is 4.22. The number of carbonyl (C=O) groups is 1. The standard InChI is InChI=1S/C25H22FN5OS2/c1-33-25-29-21(15-34-25)24(32)31-11-5-7-17(14-31)22-19(18-8-2-3-9-20(18)26)13-28-23(30-22)16-6-4-10-27-12-16/h2-4,6,8-10,12-13,15,17H,5,7,11,14H2,1H3. The highest BCUT2D eigenvalue weighted by atomic mass is 32.2. The molecule has 1 fully saturated rings. The summed E-state index contributed by atoms with van der Waals surface area (Å²) in [5.41, 5.74) is 3.13. The fraction of sp³-hybridized carbons (Fsp3) is 0.240. The van der Waals surface area contributed by atoms with Crippen molar-refractivity contribution in [3.63, 3.8) is 0 Å². The van der Waals surface area contributed by atoms with Crippen LogP contribution in [0.4, 0.5) is 4.39 Å². The molecule has 172 valence electrons. The van der Waals surface area contributed by atoms with E-state index in [2.05, 4.69) is 15.0 Å². The van der Waals surface area contributed by atoms with Gasteiger partial charge in [-0.05, 0) is 37.3 Å². The molecular weight excluding hydrogens is 469 g/mol. The van der Waals surface area contributed by atoms with Crippen molar-refractivity contribution >= 4 is 29.0 Å². The Balaban J connectivity index is 1.52. The number of aromatic nitrogens is 4. The Labute approximate surface area is 205 Å². The molecule has 3 aromatic heterocycles. The van der Waals surface area contributed by atoms with Crippen LogP contribution in [0.25, 0.3) is 22.5 Å². The third kappa shape index (κ3) is 4.58. The van der Waals surface area contributed by atoms with Crippen molar-refractivity contribution in [2.75, 3.05) is 19.3 Å². The summed E-state index contributed by atoms with van der Waals surface area (Å²) in [4.78, 5) is 33.0. The molecule has 1 atom stereocenters. The van der Waals surface area contributed by atoms with E-state index in [-0.39, 0.29) is 17.6 Å². The molecule has 5 rings (SSSR count). The fourth-order valence-corrected chi connectivity index (χ4v) is 5.46. The number of halogens is 1. The summed E-state index contributed by atoms with van der Waals surface area (Å²) in [6.07, 6.45) is 8.73. The van der Waals surface area contributed by atoms with Gasteiger partial charge in [-0.1, -0.05) is 30.0 Å². The summed E-state index contributed by atoms with van der Waals surface area (Å²) in [6.45, 7) is 1.16. The number of thioether (sulfide) groups is 1. The molecule has 0 spiro atoms. The molecule has 34 heavy (non-hydrogen) atoms. The van der Waals surface area contributed by atoms with Crippen LogP contribution in [0.3, 0.4) is 0 Å². The lowest BCUT2D eigenvalue weighted by atomic mass is 9.89. The first-order valence-electron chi connectivity index (χ1n) is 10.9. The van der Waals surface area contributed by atoms with Crippen molar-refractivity contribution in [1.29, 1.82) is 0 Å². The summed E-state index contributed by atoms with van der Waals surface area (Å²) in [7, 11) is 0. The molecule has 0 radical (unpaired) electrons. The minimum absolute atomic E-state index is 0.0515. The van der Waals surface area contributed by atoms with Crippen LogP contribution in [0, 0.1) is 5.82 Å². The van der Waals surface area contributed by atoms with Gasteiger partial charge in [-0.25, -0.2) is 19.3 Å². The first-order valence-corrected chi connectivity index (χ1v) is 13.1. The van der Waals surface area contributed by atoms with Gasteiger partial charge in [0.15, 0.2) is 5.82 Å². The number of likely N-dealkylation sites (tertiary alicyclic amines) is 1. The van der Waals surface area contributed by atoms with Gasteiger partial charge in [0.05, 0.1) is 5.69 Å². The van der Waals surface area contributed by atoms with E-state index in [0.717, 1.165) is 28.4 Å². The van der Waals surface area contributed by atoms with Gasteiger partial charge in [0, 0.05) is 59.7 Å². The number of carbonyl (C=O) groups excluding carboxylic acids is 1. The maximum Gasteiger partial charge on any atom is 0.273 e. The highest BCUT2D eigenvalue weighted by Gasteiger charge is 2.30. The second-order valence-electron chi connectivity index (χ2n) is 8.01. The SMILES string of the molecule is CSc1nc(C(=O)N2CCCC(c3nc(-c4cccnc4)ncc3-c3ccccc3F)C2)cs1. The Bertz CT molecular complexity index is 1310. The minimum Gasteiger partial charge on any atom is -0.337 e. The van der Waals surface area contributed by atoms with Crippen LogP contribution >= 0.6 is 23.1 Å². The van der Waals surface area contributed by atoms with Gasteiger partial charge in [-0.3, -0.25) is 9.78 Å². The molecule has 1 aliphatic heterocycles. The third-order valence-corrected chi connectivity index (χ3v) is 7.74. The lowest BCUT2D eigenvalue weighted by Gasteiger charge is -2.33. The molecule has 1 aliphatic rings. The summed E-state index contributed by atoms with van der Waals surface area (Å²) in [5.74, 6) is 0.0904. The first-order chi connectivity index (χ1) is 16.6. The molecule has 0 aliphatic carbocycles. The smallest absolute Gasteiger partial charge is 0.273 e. The van der Waals surface area contributed by atoms with Crippen molar-refractivity contribution in [2.45, 2.75) is 23.1 Å². The van der Waals surface area contributed by atoms with Crippen LogP contribution in [0.2, 0.25) is 0 Å². The molecule has 0 bridgehead atoms. The van der Waals surface area contributed by atoms with E-state index < -0.39 is 0 Å². The van der Waals surface area contributed by atoms with E-state index in [1.54, 1.807) is 36.8 Å². The van der Waals surface area contributed by atoms with Crippen LogP contribution in [0.1, 0.15) is 34.9 Å². The number of nitrogens with zero attached hydrogens (tertiary/aromatic N) is 5. The van der Waals surface area contributed by atoms with Gasteiger partial charge < -0.3 is 4.90 Å². The molecule has 4 heterocycles. The first kappa shape index (κ1) is 22.6. The Morgan fingerprint density at radius 2 is 2.03 bits per heavy atom. The maximum atomic E-state index is 14.8. The van der Waals surface area contributed by atoms with Gasteiger partial charge in [0.25, 0.3) is 5.91 Å². The number of rotatable bonds is 5. The van der Waals surface area contributed by atoms with Crippen LogP contribution in [0.15, 0.2) is 64.7 Å². The Hall–Kier alpha value is -3.17. The van der Waals surface area contributed by atoms with Gasteiger partial charge in [-0.15, -0.1) is 11.3 Å². The molecule has 4 aromatic rings. The monoisotopic (exact) mass is 491 g/mol. The number of pyridine rings is 1. The van der Waals surface area contributed by atoms with Crippen molar-refractivity contribution in [3.8, 4) is 22.5 Å². The van der Waals surface area contributed by atoms with Gasteiger partial charge >= 0.3 is 0 Å². The number of hydrogen-bond acceptors (Lipinski definition) is 7. The largest absolute Gasteiger partial charge is 0.337 e. The average Bonchev–Trinajstić information content (AvgIpc) is 3.38. The summed E-state index contributed by atoms with van der Waals surface area (Å²) >= 11 is 3.01. The maximum absolute atomic E-state index is 14.8. The number of hydrogen-bond donors (Lipinski definition) is 0. The van der Waals surface area contributed by atoms with Crippen LogP contribution in [-0.4, -0.2) is 50.1 Å². The number of amides is 1. The lowest BCUT2D eigenvalue weighted by Crippen LogP contribution is -2.39. The van der Waals surface area contributed by atoms with E-state index in [4.69, 9.17) is 4.98 Å². The zero-order valence-electron chi connectivity index (χ0n) is 18.5. The van der Waals surface area contributed by atoms with Crippen LogP contribution in [-0.2, 0) is 0 Å². The normalized spacial score (nSPS) is 15.9. The van der Waals surface area contributed by atoms with Crippen molar-refractivity contribution in [2.24, 2.45) is 0 Å². The average molecular weight is 492 g/mol. The highest BCUT2D eigenvalue weighted by molar-refractivity contribution is 8.00. The topological polar surface area (TPSA) is 71.9 Å². The van der Waals surface area contributed by atoms with Crippen molar-refractivity contribution in [3.05, 3.63) is 77.6 Å². The molecule has 1 unspecified atom stereocenters. The van der Waals surface area contributed by atoms with E-state index in [1.165, 1.54) is 29.2 Å². The van der Waals surface area contributed by atoms with Gasteiger partial charge in [0.1, 0.15) is 15.9 Å². The molecule has 0 saturated carbocycles. The second kappa shape index (κ2) is 9.99. The zero-order chi connectivity index (χ0) is 23.5. The predicted octanol–water partition coefficient (Wildman–Crippen LogP) is 5.54. The molecule has 0 N–H and O–H groups in total. The predicted molar refractivity (Wildman–Crippen MR) is 132 cm³/mol. The van der Waals surface area contributed by atoms with Crippen molar-refractivity contribution < 1.29 is 9.18 Å². The third-order valence-electron chi connectivity index (χ3n) is 5.87. The number of benzene rings is 1. The Morgan fingerprint density at radius 1 is 1.15 bits per heavy atom. The summed E-state index contributed by atoms with van der Waals surface area (Å²) in [5, 5.41) is 1.81. The van der Waals surface area contributed by atoms with E-state index in [9.17, 15) is 9.18 Å². The molecule has 1 aromatic carbocycles. The van der Waals surface area contributed by atoms with E-state index >= 15 is 0 Å². The molecule has 6 nitrogen and oxygen atoms in total. The lowest BCUT2D eigenvalue weighted by molar-refractivity contribution is 0.0700. The summed E-state index contributed by atoms with van der Waals surface area (Å²) in [6, 6.07) is 10.4. The van der Waals surface area contributed by atoms with E-state index in [0.29, 0.717) is 35.7 Å². The van der Waals surface area contributed by atoms with Crippen molar-refractivity contribution in [1.82, 2.24) is 24.8 Å². The van der Waals surface area contributed by atoms with Gasteiger partial charge in [-0.2, -0.15) is 0 Å². The second-order valence-corrected chi connectivity index (χ2v) is 9.92. The Kier molecular flexibility index (Phi) is 6.64. The molecule has 1 saturated heterocycles. The molecular formula is C25H22FN5OS2.